The third kappa shape index (κ3) is 6.95. The Morgan fingerprint density at radius 1 is 1.23 bits per heavy atom. The van der Waals surface area contributed by atoms with Crippen LogP contribution in [-0.4, -0.2) is 66.6 Å². The molecule has 1 saturated heterocycles. The Morgan fingerprint density at radius 3 is 2.69 bits per heavy atom. The van der Waals surface area contributed by atoms with Crippen molar-refractivity contribution in [1.82, 2.24) is 30.7 Å². The third-order valence-electron chi connectivity index (χ3n) is 6.93. The molecule has 2 aromatic rings. The molecular weight excluding hydrogens is 510 g/mol. The Morgan fingerprint density at radius 2 is 2.03 bits per heavy atom. The van der Waals surface area contributed by atoms with Crippen LogP contribution in [0.25, 0.3) is 0 Å². The number of piperidine rings is 1. The summed E-state index contributed by atoms with van der Waals surface area (Å²) in [6, 6.07) is 7.39. The molecule has 2 aliphatic heterocycles. The van der Waals surface area contributed by atoms with Crippen molar-refractivity contribution in [3.05, 3.63) is 77.0 Å². The van der Waals surface area contributed by atoms with E-state index in [0.717, 1.165) is 50.3 Å². The maximum Gasteiger partial charge on any atom is 0.321 e. The van der Waals surface area contributed by atoms with E-state index in [1.54, 1.807) is 0 Å². The largest absolute Gasteiger partial charge is 0.364 e. The molecule has 1 aromatic heterocycles. The molecule has 3 N–H and O–H groups in total. The zero-order valence-corrected chi connectivity index (χ0v) is 21.7. The van der Waals surface area contributed by atoms with E-state index in [1.165, 1.54) is 18.1 Å². The second-order valence-electron chi connectivity index (χ2n) is 9.44. The second-order valence-corrected chi connectivity index (χ2v) is 9.44. The number of ether oxygens (including phenoxy) is 1. The smallest absolute Gasteiger partial charge is 0.321 e. The van der Waals surface area contributed by atoms with Gasteiger partial charge in [-0.05, 0) is 68.7 Å². The van der Waals surface area contributed by atoms with Gasteiger partial charge in [0, 0.05) is 31.3 Å². The van der Waals surface area contributed by atoms with E-state index < -0.39 is 23.7 Å². The molecule has 4 rings (SSSR count). The fourth-order valence-corrected chi connectivity index (χ4v) is 4.97. The van der Waals surface area contributed by atoms with Crippen molar-refractivity contribution >= 4 is 18.3 Å². The van der Waals surface area contributed by atoms with Crippen molar-refractivity contribution in [3.8, 4) is 0 Å². The third-order valence-corrected chi connectivity index (χ3v) is 6.93. The average Bonchev–Trinajstić information content (AvgIpc) is 2.95. The molecule has 1 unspecified atom stereocenters. The zero-order valence-electron chi connectivity index (χ0n) is 21.7. The van der Waals surface area contributed by atoms with Crippen molar-refractivity contribution in [3.63, 3.8) is 0 Å². The van der Waals surface area contributed by atoms with Gasteiger partial charge in [-0.1, -0.05) is 12.1 Å². The number of rotatable bonds is 11. The van der Waals surface area contributed by atoms with E-state index in [4.69, 9.17) is 4.74 Å². The van der Waals surface area contributed by atoms with E-state index in [9.17, 15) is 23.2 Å². The highest BCUT2D eigenvalue weighted by atomic mass is 19.2. The summed E-state index contributed by atoms with van der Waals surface area (Å²) >= 11 is 0. The first kappa shape index (κ1) is 28.1. The molecule has 12 heteroatoms. The number of hydrogen-bond donors (Lipinski definition) is 3. The van der Waals surface area contributed by atoms with Gasteiger partial charge in [0.25, 0.3) is 0 Å². The first-order valence-corrected chi connectivity index (χ1v) is 12.8. The van der Waals surface area contributed by atoms with E-state index >= 15 is 0 Å². The summed E-state index contributed by atoms with van der Waals surface area (Å²) in [4.78, 5) is 45.3. The Bertz CT molecular complexity index is 1200. The van der Waals surface area contributed by atoms with Crippen LogP contribution >= 0.6 is 0 Å². The summed E-state index contributed by atoms with van der Waals surface area (Å²) in [6.45, 7) is 2.35. The number of pyridine rings is 1. The van der Waals surface area contributed by atoms with Crippen LogP contribution in [0.5, 0.6) is 0 Å². The van der Waals surface area contributed by atoms with Crippen LogP contribution in [0.1, 0.15) is 48.9 Å². The predicted molar refractivity (Wildman–Crippen MR) is 138 cm³/mol. The quantitative estimate of drug-likeness (QED) is 0.297. The number of hydrogen-bond acceptors (Lipinski definition) is 6. The SMILES string of the molecule is COCN(C(=O)CCCN1CCC(c2ccccn2)CC1)C1=C(NC=O)C(c2ccc(F)c(F)c2)NC(=O)N1. The van der Waals surface area contributed by atoms with Crippen molar-refractivity contribution in [1.29, 1.82) is 0 Å². The number of urea groups is 1. The van der Waals surface area contributed by atoms with E-state index in [1.807, 2.05) is 18.3 Å². The normalized spacial score (nSPS) is 18.3. The number of carbonyl (C=O) groups is 3. The molecule has 1 fully saturated rings. The molecule has 4 amide bonds. The van der Waals surface area contributed by atoms with Gasteiger partial charge in [0.2, 0.25) is 12.3 Å². The molecule has 0 radical (unpaired) electrons. The second kappa shape index (κ2) is 13.3. The van der Waals surface area contributed by atoms with Gasteiger partial charge in [-0.3, -0.25) is 24.8 Å². The van der Waals surface area contributed by atoms with Crippen molar-refractivity contribution in [2.75, 3.05) is 33.5 Å². The zero-order chi connectivity index (χ0) is 27.8. The number of carbonyl (C=O) groups excluding carboxylic acids is 3. The fourth-order valence-electron chi connectivity index (χ4n) is 4.97. The van der Waals surface area contributed by atoms with Gasteiger partial charge in [0.05, 0.1) is 11.7 Å². The molecule has 10 nitrogen and oxygen atoms in total. The number of amides is 4. The molecule has 1 aromatic carbocycles. The highest BCUT2D eigenvalue weighted by Gasteiger charge is 2.34. The number of halogens is 2. The number of aromatic nitrogens is 1. The minimum absolute atomic E-state index is 0.00334. The van der Waals surface area contributed by atoms with E-state index in [0.29, 0.717) is 18.7 Å². The molecule has 2 aliphatic rings. The molecule has 3 heterocycles. The first-order chi connectivity index (χ1) is 18.9. The standard InChI is InChI=1S/C27H32F2N6O4/c1-39-17-35(23(37)6-4-12-34-13-9-18(10-14-34)22-5-2-3-11-30-22)26-25(31-16-36)24(32-27(38)33-26)19-7-8-20(28)21(29)15-19/h2-3,5,7-8,11,15-16,18,24H,4,6,9-10,12-14,17H2,1H3,(H,31,36)(H2,32,33,38). The summed E-state index contributed by atoms with van der Waals surface area (Å²) in [5, 5.41) is 7.63. The molecule has 0 spiro atoms. The van der Waals surface area contributed by atoms with Crippen molar-refractivity contribution in [2.45, 2.75) is 37.6 Å². The van der Waals surface area contributed by atoms with Crippen LogP contribution in [0.3, 0.4) is 0 Å². The molecule has 0 bridgehead atoms. The van der Waals surface area contributed by atoms with E-state index in [2.05, 4.69) is 31.9 Å². The summed E-state index contributed by atoms with van der Waals surface area (Å²) in [5.74, 6) is -2.05. The van der Waals surface area contributed by atoms with Crippen LogP contribution < -0.4 is 16.0 Å². The monoisotopic (exact) mass is 542 g/mol. The number of benzene rings is 1. The summed E-state index contributed by atoms with van der Waals surface area (Å²) < 4.78 is 32.7. The minimum Gasteiger partial charge on any atom is -0.364 e. The van der Waals surface area contributed by atoms with Crippen LogP contribution in [0, 0.1) is 11.6 Å². The molecule has 208 valence electrons. The Hall–Kier alpha value is -3.90. The lowest BCUT2D eigenvalue weighted by atomic mass is 9.93. The minimum atomic E-state index is -1.11. The highest BCUT2D eigenvalue weighted by molar-refractivity contribution is 5.83. The summed E-state index contributed by atoms with van der Waals surface area (Å²) in [5.41, 5.74) is 1.39. The average molecular weight is 543 g/mol. The molecule has 39 heavy (non-hydrogen) atoms. The first-order valence-electron chi connectivity index (χ1n) is 12.8. The van der Waals surface area contributed by atoms with Crippen molar-refractivity contribution in [2.24, 2.45) is 0 Å². The Labute approximate surface area is 225 Å². The van der Waals surface area contributed by atoms with Gasteiger partial charge in [0.1, 0.15) is 12.6 Å². The molecule has 0 aliphatic carbocycles. The molecule has 1 atom stereocenters. The Kier molecular flexibility index (Phi) is 9.55. The number of methoxy groups -OCH3 is 1. The van der Waals surface area contributed by atoms with Crippen LogP contribution in [0.4, 0.5) is 13.6 Å². The highest BCUT2D eigenvalue weighted by Crippen LogP contribution is 2.28. The van der Waals surface area contributed by atoms with Crippen LogP contribution in [-0.2, 0) is 14.3 Å². The lowest BCUT2D eigenvalue weighted by molar-refractivity contribution is -0.134. The van der Waals surface area contributed by atoms with Crippen LogP contribution in [0.2, 0.25) is 0 Å². The maximum absolute atomic E-state index is 13.9. The number of nitrogens with zero attached hydrogens (tertiary/aromatic N) is 3. The molecular formula is C27H32F2N6O4. The predicted octanol–water partition coefficient (Wildman–Crippen LogP) is 2.72. The van der Waals surface area contributed by atoms with Crippen molar-refractivity contribution < 1.29 is 27.9 Å². The Balaban J connectivity index is 1.43. The fraction of sp³-hybridized carbons (Fsp3) is 0.407. The van der Waals surface area contributed by atoms with Gasteiger partial charge in [-0.2, -0.15) is 0 Å². The maximum atomic E-state index is 13.9. The summed E-state index contributed by atoms with van der Waals surface area (Å²) in [6.07, 6.45) is 4.94. The number of likely N-dealkylation sites (tertiary alicyclic amines) is 1. The van der Waals surface area contributed by atoms with Gasteiger partial charge in [-0.15, -0.1) is 0 Å². The van der Waals surface area contributed by atoms with Gasteiger partial charge in [-0.25, -0.2) is 13.6 Å². The van der Waals surface area contributed by atoms with Crippen LogP contribution in [0.15, 0.2) is 54.1 Å². The summed E-state index contributed by atoms with van der Waals surface area (Å²) in [7, 11) is 1.40. The molecule has 0 saturated carbocycles. The van der Waals surface area contributed by atoms with Gasteiger partial charge in [0.15, 0.2) is 11.6 Å². The number of nitrogens with one attached hydrogen (secondary N) is 3. The van der Waals surface area contributed by atoms with Gasteiger partial charge >= 0.3 is 6.03 Å². The topological polar surface area (TPSA) is 116 Å². The lowest BCUT2D eigenvalue weighted by Gasteiger charge is -2.35. The lowest BCUT2D eigenvalue weighted by Crippen LogP contribution is -2.52. The van der Waals surface area contributed by atoms with Gasteiger partial charge < -0.3 is 20.3 Å². The van der Waals surface area contributed by atoms with E-state index in [-0.39, 0.29) is 36.1 Å².